The first-order valence-electron chi connectivity index (χ1n) is 4.69. The molecule has 0 aliphatic rings. The van der Waals surface area contributed by atoms with Crippen molar-refractivity contribution < 1.29 is 35.9 Å². The molecule has 5 nitrogen and oxygen atoms in total. The van der Waals surface area contributed by atoms with Gasteiger partial charge in [0.05, 0.1) is 12.2 Å². The molecule has 19 heavy (non-hydrogen) atoms. The van der Waals surface area contributed by atoms with Crippen LogP contribution in [0.4, 0.5) is 23.2 Å². The minimum Gasteiger partial charge on any atom is -0.481 e. The van der Waals surface area contributed by atoms with Gasteiger partial charge in [0.15, 0.2) is 23.3 Å². The average molecular weight is 301 g/mol. The van der Waals surface area contributed by atoms with Crippen LogP contribution in [0.5, 0.6) is 0 Å². The number of carboxylic acid groups (broad SMARTS) is 1. The number of halogens is 4. The van der Waals surface area contributed by atoms with E-state index in [1.54, 1.807) is 0 Å². The van der Waals surface area contributed by atoms with Crippen LogP contribution >= 0.6 is 0 Å². The van der Waals surface area contributed by atoms with Gasteiger partial charge in [-0.25, -0.2) is 26.0 Å². The van der Waals surface area contributed by atoms with E-state index in [-0.39, 0.29) is 6.07 Å². The van der Waals surface area contributed by atoms with Crippen LogP contribution < -0.4 is 4.72 Å². The third-order valence-electron chi connectivity index (χ3n) is 1.95. The monoisotopic (exact) mass is 301 g/mol. The van der Waals surface area contributed by atoms with Gasteiger partial charge >= 0.3 is 5.97 Å². The molecule has 10 heteroatoms. The second-order valence-corrected chi connectivity index (χ2v) is 5.25. The topological polar surface area (TPSA) is 83.5 Å². The molecule has 0 amide bonds. The lowest BCUT2D eigenvalue weighted by atomic mass is 10.3. The maximum absolute atomic E-state index is 13.1. The quantitative estimate of drug-likeness (QED) is 0.637. The number of carbonyl (C=O) groups is 1. The highest BCUT2D eigenvalue weighted by Gasteiger charge is 2.23. The highest BCUT2D eigenvalue weighted by atomic mass is 32.2. The van der Waals surface area contributed by atoms with Crippen molar-refractivity contribution in [2.45, 2.75) is 6.42 Å². The Morgan fingerprint density at radius 1 is 1.16 bits per heavy atom. The lowest BCUT2D eigenvalue weighted by Crippen LogP contribution is -2.21. The molecule has 0 fully saturated rings. The summed E-state index contributed by atoms with van der Waals surface area (Å²) >= 11 is 0. The van der Waals surface area contributed by atoms with Gasteiger partial charge in [-0.1, -0.05) is 0 Å². The molecule has 0 aromatic heterocycles. The minimum atomic E-state index is -4.45. The van der Waals surface area contributed by atoms with Crippen molar-refractivity contribution in [3.63, 3.8) is 0 Å². The van der Waals surface area contributed by atoms with E-state index in [0.29, 0.717) is 0 Å². The Labute approximate surface area is 104 Å². The predicted octanol–water partition coefficient (Wildman–Crippen LogP) is 1.46. The highest BCUT2D eigenvalue weighted by molar-refractivity contribution is 7.92. The molecular formula is C9H7F4NO4S. The molecule has 0 bridgehead atoms. The van der Waals surface area contributed by atoms with Crippen LogP contribution in [0.25, 0.3) is 0 Å². The van der Waals surface area contributed by atoms with Crippen molar-refractivity contribution in [3.8, 4) is 0 Å². The van der Waals surface area contributed by atoms with Crippen molar-refractivity contribution >= 4 is 21.7 Å². The molecule has 1 aromatic rings. The summed E-state index contributed by atoms with van der Waals surface area (Å²) in [6.45, 7) is 0. The fourth-order valence-corrected chi connectivity index (χ4v) is 2.13. The smallest absolute Gasteiger partial charge is 0.304 e. The molecule has 0 spiro atoms. The van der Waals surface area contributed by atoms with Gasteiger partial charge in [0, 0.05) is 6.07 Å². The summed E-state index contributed by atoms with van der Waals surface area (Å²) in [5.41, 5.74) is -1.53. The largest absolute Gasteiger partial charge is 0.481 e. The molecule has 0 unspecified atom stereocenters. The SMILES string of the molecule is O=C(O)CCS(=O)(=O)Nc1c(F)c(F)cc(F)c1F. The van der Waals surface area contributed by atoms with Crippen molar-refractivity contribution in [3.05, 3.63) is 29.3 Å². The lowest BCUT2D eigenvalue weighted by molar-refractivity contribution is -0.136. The van der Waals surface area contributed by atoms with Gasteiger partial charge in [-0.3, -0.25) is 9.52 Å². The van der Waals surface area contributed by atoms with E-state index in [1.807, 2.05) is 0 Å². The molecule has 0 radical (unpaired) electrons. The Bertz CT molecular complexity index is 591. The van der Waals surface area contributed by atoms with Gasteiger partial charge in [-0.05, 0) is 0 Å². The minimum absolute atomic E-state index is 0.0836. The van der Waals surface area contributed by atoms with E-state index in [0.717, 1.165) is 0 Å². The van der Waals surface area contributed by atoms with E-state index in [2.05, 4.69) is 0 Å². The summed E-state index contributed by atoms with van der Waals surface area (Å²) < 4.78 is 75.7. The van der Waals surface area contributed by atoms with Gasteiger partial charge in [0.2, 0.25) is 10.0 Å². The number of carboxylic acids is 1. The first kappa shape index (κ1) is 15.2. The Balaban J connectivity index is 3.09. The Morgan fingerprint density at radius 2 is 1.63 bits per heavy atom. The van der Waals surface area contributed by atoms with Crippen LogP contribution in [0.3, 0.4) is 0 Å². The summed E-state index contributed by atoms with van der Waals surface area (Å²) in [6.07, 6.45) is -0.837. The van der Waals surface area contributed by atoms with Gasteiger partial charge in [-0.15, -0.1) is 0 Å². The number of sulfonamides is 1. The summed E-state index contributed by atoms with van der Waals surface area (Å²) in [6, 6.07) is -0.0836. The average Bonchev–Trinajstić information content (AvgIpc) is 2.30. The third kappa shape index (κ3) is 3.81. The van der Waals surface area contributed by atoms with Gasteiger partial charge in [-0.2, -0.15) is 0 Å². The fraction of sp³-hybridized carbons (Fsp3) is 0.222. The Kier molecular flexibility index (Phi) is 4.35. The summed E-state index contributed by atoms with van der Waals surface area (Å²) in [7, 11) is -4.45. The summed E-state index contributed by atoms with van der Waals surface area (Å²) in [5.74, 6) is -9.86. The second kappa shape index (κ2) is 5.43. The molecule has 0 aliphatic carbocycles. The Hall–Kier alpha value is -1.84. The van der Waals surface area contributed by atoms with Gasteiger partial charge in [0.25, 0.3) is 0 Å². The maximum atomic E-state index is 13.1. The molecule has 0 heterocycles. The Morgan fingerprint density at radius 3 is 2.05 bits per heavy atom. The first-order valence-corrected chi connectivity index (χ1v) is 6.34. The highest BCUT2D eigenvalue weighted by Crippen LogP contribution is 2.25. The molecule has 0 aliphatic heterocycles. The molecule has 0 saturated heterocycles. The van der Waals surface area contributed by atoms with Crippen LogP contribution in [-0.4, -0.2) is 25.2 Å². The molecule has 1 rings (SSSR count). The molecule has 1 aromatic carbocycles. The number of nitrogens with one attached hydrogen (secondary N) is 1. The predicted molar refractivity (Wildman–Crippen MR) is 55.9 cm³/mol. The fourth-order valence-electron chi connectivity index (χ4n) is 1.09. The van der Waals surface area contributed by atoms with E-state index in [4.69, 9.17) is 5.11 Å². The van der Waals surface area contributed by atoms with Crippen LogP contribution in [-0.2, 0) is 14.8 Å². The van der Waals surface area contributed by atoms with Crippen LogP contribution in [0, 0.1) is 23.3 Å². The molecular weight excluding hydrogens is 294 g/mol. The van der Waals surface area contributed by atoms with E-state index in [1.165, 1.54) is 4.72 Å². The van der Waals surface area contributed by atoms with Crippen molar-refractivity contribution in [1.29, 1.82) is 0 Å². The summed E-state index contributed by atoms with van der Waals surface area (Å²) in [4.78, 5) is 10.2. The van der Waals surface area contributed by atoms with E-state index in [9.17, 15) is 30.8 Å². The number of hydrogen-bond donors (Lipinski definition) is 2. The molecule has 0 atom stereocenters. The number of benzene rings is 1. The first-order chi connectivity index (χ1) is 8.64. The lowest BCUT2D eigenvalue weighted by Gasteiger charge is -2.10. The second-order valence-electron chi connectivity index (χ2n) is 3.41. The zero-order chi connectivity index (χ0) is 14.8. The van der Waals surface area contributed by atoms with Crippen LogP contribution in [0.1, 0.15) is 6.42 Å². The zero-order valence-corrected chi connectivity index (χ0v) is 9.90. The van der Waals surface area contributed by atoms with Crippen molar-refractivity contribution in [2.75, 3.05) is 10.5 Å². The van der Waals surface area contributed by atoms with Gasteiger partial charge < -0.3 is 5.11 Å². The van der Waals surface area contributed by atoms with Crippen LogP contribution in [0.15, 0.2) is 6.07 Å². The number of rotatable bonds is 5. The standard InChI is InChI=1S/C9H7F4NO4S/c10-4-3-5(11)8(13)9(7(4)12)14-19(17,18)2-1-6(15)16/h3,14H,1-2H2,(H,15,16). The van der Waals surface area contributed by atoms with Crippen LogP contribution in [0.2, 0.25) is 0 Å². The van der Waals surface area contributed by atoms with E-state index < -0.39 is 57.1 Å². The maximum Gasteiger partial charge on any atom is 0.304 e. The van der Waals surface area contributed by atoms with Crippen molar-refractivity contribution in [1.82, 2.24) is 0 Å². The molecule has 0 saturated carbocycles. The number of aliphatic carboxylic acids is 1. The number of hydrogen-bond acceptors (Lipinski definition) is 3. The van der Waals surface area contributed by atoms with E-state index >= 15 is 0 Å². The van der Waals surface area contributed by atoms with Crippen molar-refractivity contribution in [2.24, 2.45) is 0 Å². The third-order valence-corrected chi connectivity index (χ3v) is 3.21. The number of anilines is 1. The molecule has 2 N–H and O–H groups in total. The summed E-state index contributed by atoms with van der Waals surface area (Å²) in [5, 5.41) is 8.28. The van der Waals surface area contributed by atoms with Gasteiger partial charge in [0.1, 0.15) is 5.69 Å². The normalized spacial score (nSPS) is 11.4. The molecule has 106 valence electrons. The zero-order valence-electron chi connectivity index (χ0n) is 9.08.